The third kappa shape index (κ3) is 4.69. The number of hydrogen-bond acceptors (Lipinski definition) is 3. The molecule has 5 nitrogen and oxygen atoms in total. The van der Waals surface area contributed by atoms with Crippen LogP contribution in [0.4, 0.5) is 5.69 Å². The molecule has 1 aromatic heterocycles. The van der Waals surface area contributed by atoms with Gasteiger partial charge in [0.15, 0.2) is 0 Å². The Balaban J connectivity index is 2.14. The predicted octanol–water partition coefficient (Wildman–Crippen LogP) is 4.03. The molecular weight excluding hydrogens is 349 g/mol. The molecule has 2 N–H and O–H groups in total. The van der Waals surface area contributed by atoms with E-state index in [1.54, 1.807) is 24.3 Å². The maximum atomic E-state index is 12.3. The number of halogens is 2. The maximum Gasteiger partial charge on any atom is 0.274 e. The van der Waals surface area contributed by atoms with Gasteiger partial charge in [-0.3, -0.25) is 14.6 Å². The Morgan fingerprint density at radius 3 is 2.62 bits per heavy atom. The minimum Gasteiger partial charge on any atom is -0.352 e. The monoisotopic (exact) mass is 365 g/mol. The summed E-state index contributed by atoms with van der Waals surface area (Å²) in [6.07, 6.45) is 1.42. The van der Waals surface area contributed by atoms with Crippen LogP contribution in [-0.4, -0.2) is 23.3 Å². The zero-order valence-corrected chi connectivity index (χ0v) is 14.8. The molecule has 0 aliphatic heterocycles. The fourth-order valence-electron chi connectivity index (χ4n) is 1.88. The van der Waals surface area contributed by atoms with E-state index in [9.17, 15) is 9.59 Å². The van der Waals surface area contributed by atoms with Gasteiger partial charge in [-0.1, -0.05) is 43.1 Å². The minimum atomic E-state index is -0.474. The highest BCUT2D eigenvalue weighted by Gasteiger charge is 2.14. The summed E-state index contributed by atoms with van der Waals surface area (Å²) in [6, 6.07) is 7.91. The maximum absolute atomic E-state index is 12.3. The number of anilines is 1. The first-order valence-corrected chi connectivity index (χ1v) is 8.13. The van der Waals surface area contributed by atoms with E-state index in [4.69, 9.17) is 23.2 Å². The van der Waals surface area contributed by atoms with Crippen molar-refractivity contribution in [1.82, 2.24) is 10.3 Å². The van der Waals surface area contributed by atoms with E-state index in [0.717, 1.165) is 0 Å². The SMILES string of the molecule is CC(C)CNC(=O)c1ccnc(C(=O)Nc2cccc(Cl)c2Cl)c1. The van der Waals surface area contributed by atoms with E-state index in [1.807, 2.05) is 13.8 Å². The molecule has 2 aromatic rings. The number of carbonyl (C=O) groups excluding carboxylic acids is 2. The van der Waals surface area contributed by atoms with Crippen molar-refractivity contribution < 1.29 is 9.59 Å². The number of nitrogens with zero attached hydrogens (tertiary/aromatic N) is 1. The molecule has 0 unspecified atom stereocenters. The smallest absolute Gasteiger partial charge is 0.274 e. The second-order valence-corrected chi connectivity index (χ2v) is 6.37. The number of hydrogen-bond donors (Lipinski definition) is 2. The Hall–Kier alpha value is -2.11. The third-order valence-electron chi connectivity index (χ3n) is 3.13. The fourth-order valence-corrected chi connectivity index (χ4v) is 2.23. The highest BCUT2D eigenvalue weighted by Crippen LogP contribution is 2.29. The molecule has 0 spiro atoms. The molecule has 24 heavy (non-hydrogen) atoms. The topological polar surface area (TPSA) is 71.1 Å². The van der Waals surface area contributed by atoms with Crippen LogP contribution in [0.2, 0.25) is 10.0 Å². The molecule has 126 valence electrons. The molecule has 0 radical (unpaired) electrons. The van der Waals surface area contributed by atoms with Gasteiger partial charge in [0.25, 0.3) is 11.8 Å². The Bertz CT molecular complexity index is 763. The standard InChI is InChI=1S/C17H17Cl2N3O2/c1-10(2)9-21-16(23)11-6-7-20-14(8-11)17(24)22-13-5-3-4-12(18)15(13)19/h3-8,10H,9H2,1-2H3,(H,21,23)(H,22,24). The van der Waals surface area contributed by atoms with E-state index < -0.39 is 5.91 Å². The van der Waals surface area contributed by atoms with Crippen molar-refractivity contribution in [1.29, 1.82) is 0 Å². The van der Waals surface area contributed by atoms with Gasteiger partial charge in [0.2, 0.25) is 0 Å². The molecule has 0 aliphatic carbocycles. The quantitative estimate of drug-likeness (QED) is 0.840. The van der Waals surface area contributed by atoms with Crippen LogP contribution >= 0.6 is 23.2 Å². The van der Waals surface area contributed by atoms with Crippen molar-refractivity contribution in [3.05, 3.63) is 57.8 Å². The van der Waals surface area contributed by atoms with Crippen LogP contribution in [-0.2, 0) is 0 Å². The number of rotatable bonds is 5. The second kappa shape index (κ2) is 8.13. The molecule has 2 amide bonds. The summed E-state index contributed by atoms with van der Waals surface area (Å²) < 4.78 is 0. The second-order valence-electron chi connectivity index (χ2n) is 5.59. The lowest BCUT2D eigenvalue weighted by Crippen LogP contribution is -2.27. The minimum absolute atomic E-state index is 0.114. The van der Waals surface area contributed by atoms with Crippen LogP contribution in [0, 0.1) is 5.92 Å². The van der Waals surface area contributed by atoms with Crippen LogP contribution in [0.3, 0.4) is 0 Å². The zero-order chi connectivity index (χ0) is 17.7. The Morgan fingerprint density at radius 2 is 1.92 bits per heavy atom. The molecule has 0 saturated carbocycles. The largest absolute Gasteiger partial charge is 0.352 e. The number of nitrogens with one attached hydrogen (secondary N) is 2. The van der Waals surface area contributed by atoms with Crippen LogP contribution < -0.4 is 10.6 Å². The zero-order valence-electron chi connectivity index (χ0n) is 13.3. The van der Waals surface area contributed by atoms with Gasteiger partial charge in [-0.05, 0) is 30.2 Å². The summed E-state index contributed by atoms with van der Waals surface area (Å²) in [6.45, 7) is 4.56. The van der Waals surface area contributed by atoms with E-state index in [1.165, 1.54) is 12.3 Å². The normalized spacial score (nSPS) is 10.5. The fraction of sp³-hybridized carbons (Fsp3) is 0.235. The summed E-state index contributed by atoms with van der Waals surface area (Å²) in [5, 5.41) is 6.01. The first-order chi connectivity index (χ1) is 11.4. The van der Waals surface area contributed by atoms with Crippen LogP contribution in [0.5, 0.6) is 0 Å². The van der Waals surface area contributed by atoms with Crippen LogP contribution in [0.25, 0.3) is 0 Å². The average molecular weight is 366 g/mol. The Kier molecular flexibility index (Phi) is 6.17. The lowest BCUT2D eigenvalue weighted by Gasteiger charge is -2.10. The van der Waals surface area contributed by atoms with Gasteiger partial charge >= 0.3 is 0 Å². The van der Waals surface area contributed by atoms with E-state index in [-0.39, 0.29) is 16.6 Å². The van der Waals surface area contributed by atoms with E-state index in [2.05, 4.69) is 15.6 Å². The molecule has 0 saturated heterocycles. The number of pyridine rings is 1. The van der Waals surface area contributed by atoms with Gasteiger partial charge in [0.05, 0.1) is 15.7 Å². The van der Waals surface area contributed by atoms with Gasteiger partial charge in [-0.25, -0.2) is 0 Å². The van der Waals surface area contributed by atoms with Crippen molar-refractivity contribution in [3.63, 3.8) is 0 Å². The lowest BCUT2D eigenvalue weighted by atomic mass is 10.2. The van der Waals surface area contributed by atoms with Crippen molar-refractivity contribution in [2.75, 3.05) is 11.9 Å². The van der Waals surface area contributed by atoms with Gasteiger partial charge in [-0.15, -0.1) is 0 Å². The number of amides is 2. The first-order valence-electron chi connectivity index (χ1n) is 7.38. The van der Waals surface area contributed by atoms with Crippen molar-refractivity contribution >= 4 is 40.7 Å². The van der Waals surface area contributed by atoms with E-state index >= 15 is 0 Å². The lowest BCUT2D eigenvalue weighted by molar-refractivity contribution is 0.0949. The summed E-state index contributed by atoms with van der Waals surface area (Å²) in [5.41, 5.74) is 0.863. The third-order valence-corrected chi connectivity index (χ3v) is 3.94. The number of aromatic nitrogens is 1. The van der Waals surface area contributed by atoms with Crippen molar-refractivity contribution in [2.24, 2.45) is 5.92 Å². The van der Waals surface area contributed by atoms with Gasteiger partial charge in [0.1, 0.15) is 5.69 Å². The van der Waals surface area contributed by atoms with Crippen molar-refractivity contribution in [2.45, 2.75) is 13.8 Å². The van der Waals surface area contributed by atoms with Crippen LogP contribution in [0.15, 0.2) is 36.5 Å². The molecule has 1 heterocycles. The average Bonchev–Trinajstić information content (AvgIpc) is 2.56. The van der Waals surface area contributed by atoms with Crippen LogP contribution in [0.1, 0.15) is 34.7 Å². The Labute approximate surface area is 150 Å². The summed E-state index contributed by atoms with van der Waals surface area (Å²) in [5.74, 6) is -0.387. The van der Waals surface area contributed by atoms with Crippen molar-refractivity contribution in [3.8, 4) is 0 Å². The Morgan fingerprint density at radius 1 is 1.17 bits per heavy atom. The van der Waals surface area contributed by atoms with Gasteiger partial charge in [0, 0.05) is 18.3 Å². The van der Waals surface area contributed by atoms with E-state index in [0.29, 0.717) is 28.7 Å². The molecule has 0 bridgehead atoms. The van der Waals surface area contributed by atoms with Gasteiger partial charge in [-0.2, -0.15) is 0 Å². The number of carbonyl (C=O) groups is 2. The molecule has 1 aromatic carbocycles. The number of benzene rings is 1. The summed E-state index contributed by atoms with van der Waals surface area (Å²) >= 11 is 12.0. The first kappa shape index (κ1) is 18.2. The summed E-state index contributed by atoms with van der Waals surface area (Å²) in [4.78, 5) is 28.4. The van der Waals surface area contributed by atoms with Gasteiger partial charge < -0.3 is 10.6 Å². The molecule has 7 heteroatoms. The molecular formula is C17H17Cl2N3O2. The molecule has 0 fully saturated rings. The molecule has 0 atom stereocenters. The molecule has 0 aliphatic rings. The highest BCUT2D eigenvalue weighted by molar-refractivity contribution is 6.44. The molecule has 2 rings (SSSR count). The summed E-state index contributed by atoms with van der Waals surface area (Å²) in [7, 11) is 0. The predicted molar refractivity (Wildman–Crippen MR) is 95.8 cm³/mol. The highest BCUT2D eigenvalue weighted by atomic mass is 35.5.